The van der Waals surface area contributed by atoms with E-state index < -0.39 is 0 Å². The normalized spacial score (nSPS) is 19.2. The molecule has 29 heavy (non-hydrogen) atoms. The van der Waals surface area contributed by atoms with Crippen molar-refractivity contribution in [2.24, 2.45) is 5.92 Å². The Morgan fingerprint density at radius 1 is 1.17 bits per heavy atom. The molecule has 1 aromatic heterocycles. The third-order valence-electron chi connectivity index (χ3n) is 5.35. The zero-order valence-electron chi connectivity index (χ0n) is 17.2. The van der Waals surface area contributed by atoms with Crippen LogP contribution in [0, 0.1) is 12.8 Å². The molecule has 0 saturated carbocycles. The van der Waals surface area contributed by atoms with Gasteiger partial charge in [-0.05, 0) is 50.4 Å². The summed E-state index contributed by atoms with van der Waals surface area (Å²) in [5.74, 6) is 0.0911. The van der Waals surface area contributed by atoms with Crippen LogP contribution in [0.4, 0.5) is 0 Å². The molecular weight excluding hydrogens is 382 g/mol. The molecule has 1 aliphatic heterocycles. The number of rotatable bonds is 5. The minimum Gasteiger partial charge on any atom is -0.356 e. The number of carbonyl (C=O) groups is 2. The Kier molecular flexibility index (Phi) is 8.25. The van der Waals surface area contributed by atoms with Gasteiger partial charge in [0.15, 0.2) is 0 Å². The van der Waals surface area contributed by atoms with Gasteiger partial charge < -0.3 is 10.6 Å². The average Bonchev–Trinajstić information content (AvgIpc) is 3.12. The molecule has 1 aromatic carbocycles. The van der Waals surface area contributed by atoms with Crippen LogP contribution in [-0.2, 0) is 22.7 Å². The molecule has 2 heterocycles. The van der Waals surface area contributed by atoms with E-state index in [0.717, 1.165) is 38.0 Å². The van der Waals surface area contributed by atoms with E-state index in [1.165, 1.54) is 9.75 Å². The summed E-state index contributed by atoms with van der Waals surface area (Å²) in [7, 11) is 0. The lowest BCUT2D eigenvalue weighted by Gasteiger charge is -2.22. The fourth-order valence-corrected chi connectivity index (χ4v) is 4.62. The van der Waals surface area contributed by atoms with E-state index in [4.69, 9.17) is 0 Å². The van der Waals surface area contributed by atoms with Gasteiger partial charge in [-0.15, -0.1) is 11.3 Å². The summed E-state index contributed by atoms with van der Waals surface area (Å²) in [6, 6.07) is 14.3. The Morgan fingerprint density at radius 2 is 2.00 bits per heavy atom. The van der Waals surface area contributed by atoms with Crippen LogP contribution < -0.4 is 10.6 Å². The van der Waals surface area contributed by atoms with Crippen LogP contribution in [-0.4, -0.2) is 36.3 Å². The molecule has 2 amide bonds. The van der Waals surface area contributed by atoms with Gasteiger partial charge >= 0.3 is 0 Å². The quantitative estimate of drug-likeness (QED) is 0.789. The second kappa shape index (κ2) is 11.1. The third kappa shape index (κ3) is 7.29. The molecule has 3 rings (SSSR count). The number of nitrogens with one attached hydrogen (secondary N) is 2. The Balaban J connectivity index is 1.55. The van der Waals surface area contributed by atoms with E-state index in [-0.39, 0.29) is 17.7 Å². The van der Waals surface area contributed by atoms with Gasteiger partial charge in [-0.3, -0.25) is 14.5 Å². The highest BCUT2D eigenvalue weighted by Gasteiger charge is 2.20. The summed E-state index contributed by atoms with van der Waals surface area (Å²) in [5.41, 5.74) is 1.10. The minimum atomic E-state index is -0.0667. The molecule has 0 spiro atoms. The monoisotopic (exact) mass is 413 g/mol. The van der Waals surface area contributed by atoms with Gasteiger partial charge in [0.2, 0.25) is 11.8 Å². The molecule has 0 bridgehead atoms. The summed E-state index contributed by atoms with van der Waals surface area (Å²) >= 11 is 1.81. The topological polar surface area (TPSA) is 61.4 Å². The summed E-state index contributed by atoms with van der Waals surface area (Å²) in [6.07, 6.45) is 3.00. The fourth-order valence-electron chi connectivity index (χ4n) is 3.69. The fraction of sp³-hybridized carbons (Fsp3) is 0.478. The smallest absolute Gasteiger partial charge is 0.223 e. The van der Waals surface area contributed by atoms with Crippen molar-refractivity contribution >= 4 is 23.2 Å². The number of aryl methyl sites for hydroxylation is 1. The zero-order chi connectivity index (χ0) is 20.5. The molecule has 6 heteroatoms. The maximum atomic E-state index is 12.7. The number of hydrogen-bond donors (Lipinski definition) is 2. The first-order chi connectivity index (χ1) is 14.1. The zero-order valence-corrected chi connectivity index (χ0v) is 18.0. The second-order valence-electron chi connectivity index (χ2n) is 7.72. The highest BCUT2D eigenvalue weighted by atomic mass is 32.1. The first kappa shape index (κ1) is 21.5. The van der Waals surface area contributed by atoms with Gasteiger partial charge in [0, 0.05) is 48.3 Å². The van der Waals surface area contributed by atoms with Crippen LogP contribution in [0.5, 0.6) is 0 Å². The minimum absolute atomic E-state index is 0.0667. The van der Waals surface area contributed by atoms with Crippen LogP contribution in [0.2, 0.25) is 0 Å². The molecule has 1 aliphatic rings. The second-order valence-corrected chi connectivity index (χ2v) is 9.09. The Bertz CT molecular complexity index is 790. The van der Waals surface area contributed by atoms with Crippen molar-refractivity contribution in [3.63, 3.8) is 0 Å². The first-order valence-corrected chi connectivity index (χ1v) is 11.3. The van der Waals surface area contributed by atoms with Crippen LogP contribution in [0.3, 0.4) is 0 Å². The molecule has 0 radical (unpaired) electrons. The van der Waals surface area contributed by atoms with E-state index >= 15 is 0 Å². The van der Waals surface area contributed by atoms with Gasteiger partial charge in [0.1, 0.15) is 0 Å². The van der Waals surface area contributed by atoms with E-state index in [1.54, 1.807) is 0 Å². The van der Waals surface area contributed by atoms with Crippen molar-refractivity contribution in [3.8, 4) is 0 Å². The summed E-state index contributed by atoms with van der Waals surface area (Å²) in [5, 5.41) is 6.05. The molecular formula is C23H31N3O2S. The number of thiophene rings is 1. The van der Waals surface area contributed by atoms with Gasteiger partial charge in [-0.1, -0.05) is 30.3 Å². The predicted molar refractivity (Wildman–Crippen MR) is 118 cm³/mol. The van der Waals surface area contributed by atoms with E-state index in [1.807, 2.05) is 41.7 Å². The molecule has 5 nitrogen and oxygen atoms in total. The summed E-state index contributed by atoms with van der Waals surface area (Å²) < 4.78 is 0. The number of amides is 2. The molecule has 0 aliphatic carbocycles. The molecule has 2 N–H and O–H groups in total. The van der Waals surface area contributed by atoms with Gasteiger partial charge in [0.25, 0.3) is 0 Å². The standard InChI is InChI=1S/C23H31N3O2S/c1-18-9-10-21(29-18)17-26-14-5-8-20(11-13-24-22(27)12-15-26)23(28)25-16-19-6-3-2-4-7-19/h2-4,6-7,9-10,20H,5,8,11-17H2,1H3,(H,24,27)(H,25,28). The lowest BCUT2D eigenvalue weighted by molar-refractivity contribution is -0.126. The summed E-state index contributed by atoms with van der Waals surface area (Å²) in [4.78, 5) is 29.9. The van der Waals surface area contributed by atoms with E-state index in [2.05, 4.69) is 34.6 Å². The number of nitrogens with zero attached hydrogens (tertiary/aromatic N) is 1. The van der Waals surface area contributed by atoms with E-state index in [9.17, 15) is 9.59 Å². The summed E-state index contributed by atoms with van der Waals surface area (Å²) in [6.45, 7) is 5.77. The Morgan fingerprint density at radius 3 is 2.76 bits per heavy atom. The van der Waals surface area contributed by atoms with Crippen LogP contribution in [0.25, 0.3) is 0 Å². The van der Waals surface area contributed by atoms with Crippen molar-refractivity contribution in [2.45, 2.75) is 45.7 Å². The van der Waals surface area contributed by atoms with Gasteiger partial charge in [-0.2, -0.15) is 0 Å². The Labute approximate surface area is 177 Å². The predicted octanol–water partition coefficient (Wildman–Crippen LogP) is 3.48. The number of benzene rings is 1. The van der Waals surface area contributed by atoms with Crippen molar-refractivity contribution in [1.82, 2.24) is 15.5 Å². The highest BCUT2D eigenvalue weighted by Crippen LogP contribution is 2.19. The maximum absolute atomic E-state index is 12.7. The Hall–Kier alpha value is -2.18. The lowest BCUT2D eigenvalue weighted by Crippen LogP contribution is -2.33. The highest BCUT2D eigenvalue weighted by molar-refractivity contribution is 7.11. The number of hydrogen-bond acceptors (Lipinski definition) is 4. The van der Waals surface area contributed by atoms with Crippen LogP contribution in [0.15, 0.2) is 42.5 Å². The SMILES string of the molecule is Cc1ccc(CN2CCCC(C(=O)NCc3ccccc3)CCNC(=O)CC2)s1. The molecule has 1 saturated heterocycles. The van der Waals surface area contributed by atoms with Gasteiger partial charge in [-0.25, -0.2) is 0 Å². The van der Waals surface area contributed by atoms with Crippen molar-refractivity contribution in [2.75, 3.05) is 19.6 Å². The molecule has 1 fully saturated rings. The van der Waals surface area contributed by atoms with Crippen molar-refractivity contribution in [1.29, 1.82) is 0 Å². The molecule has 156 valence electrons. The maximum Gasteiger partial charge on any atom is 0.223 e. The van der Waals surface area contributed by atoms with Gasteiger partial charge in [0.05, 0.1) is 0 Å². The first-order valence-electron chi connectivity index (χ1n) is 10.5. The average molecular weight is 414 g/mol. The van der Waals surface area contributed by atoms with Crippen molar-refractivity contribution < 1.29 is 9.59 Å². The molecule has 2 aromatic rings. The number of carbonyl (C=O) groups excluding carboxylic acids is 2. The molecule has 1 atom stereocenters. The lowest BCUT2D eigenvalue weighted by atomic mass is 9.98. The molecule has 1 unspecified atom stereocenters. The largest absolute Gasteiger partial charge is 0.356 e. The van der Waals surface area contributed by atoms with Crippen LogP contribution in [0.1, 0.15) is 41.0 Å². The van der Waals surface area contributed by atoms with Crippen LogP contribution >= 0.6 is 11.3 Å². The van der Waals surface area contributed by atoms with Crippen molar-refractivity contribution in [3.05, 3.63) is 57.8 Å². The third-order valence-corrected chi connectivity index (χ3v) is 6.34. The van der Waals surface area contributed by atoms with E-state index in [0.29, 0.717) is 25.9 Å².